The van der Waals surface area contributed by atoms with Crippen molar-refractivity contribution in [1.29, 1.82) is 0 Å². The van der Waals surface area contributed by atoms with Crippen LogP contribution in [-0.4, -0.2) is 59.0 Å². The van der Waals surface area contributed by atoms with Crippen LogP contribution < -0.4 is 5.32 Å². The van der Waals surface area contributed by atoms with E-state index in [2.05, 4.69) is 15.3 Å². The van der Waals surface area contributed by atoms with E-state index in [0.29, 0.717) is 37.0 Å². The van der Waals surface area contributed by atoms with Gasteiger partial charge in [0.1, 0.15) is 5.69 Å². The number of nitrogens with zero attached hydrogens (tertiary/aromatic N) is 3. The van der Waals surface area contributed by atoms with Gasteiger partial charge in [-0.1, -0.05) is 29.8 Å². The molecule has 1 saturated heterocycles. The van der Waals surface area contributed by atoms with Gasteiger partial charge in [-0.15, -0.1) is 0 Å². The van der Waals surface area contributed by atoms with E-state index in [9.17, 15) is 9.59 Å². The summed E-state index contributed by atoms with van der Waals surface area (Å²) < 4.78 is 5.72. The lowest BCUT2D eigenvalue weighted by Gasteiger charge is -2.37. The van der Waals surface area contributed by atoms with E-state index in [1.165, 1.54) is 12.4 Å². The Bertz CT molecular complexity index is 904. The van der Waals surface area contributed by atoms with Gasteiger partial charge in [0, 0.05) is 32.6 Å². The predicted molar refractivity (Wildman–Crippen MR) is 112 cm³/mol. The number of methoxy groups -OCH3 is 1. The molecule has 1 aromatic carbocycles. The van der Waals surface area contributed by atoms with Gasteiger partial charge >= 0.3 is 0 Å². The third kappa shape index (κ3) is 4.51. The summed E-state index contributed by atoms with van der Waals surface area (Å²) in [5.41, 5.74) is 2.54. The Balaban J connectivity index is 1.38. The number of amides is 2. The summed E-state index contributed by atoms with van der Waals surface area (Å²) in [7, 11) is 1.70. The van der Waals surface area contributed by atoms with Crippen LogP contribution in [0.5, 0.6) is 0 Å². The van der Waals surface area contributed by atoms with Crippen LogP contribution in [0.3, 0.4) is 0 Å². The fraction of sp³-hybridized carbons (Fsp3) is 0.478. The van der Waals surface area contributed by atoms with E-state index in [1.807, 2.05) is 36.1 Å². The lowest BCUT2D eigenvalue weighted by Crippen LogP contribution is -2.50. The molecule has 7 nitrogen and oxygen atoms in total. The summed E-state index contributed by atoms with van der Waals surface area (Å²) >= 11 is 0. The molecule has 0 unspecified atom stereocenters. The molecule has 30 heavy (non-hydrogen) atoms. The van der Waals surface area contributed by atoms with Crippen molar-refractivity contribution >= 4 is 11.8 Å². The van der Waals surface area contributed by atoms with Gasteiger partial charge in [-0.25, -0.2) is 4.98 Å². The zero-order valence-corrected chi connectivity index (χ0v) is 17.5. The number of likely N-dealkylation sites (tertiary alicyclic amines) is 1. The van der Waals surface area contributed by atoms with Crippen LogP contribution in [0.15, 0.2) is 42.9 Å². The van der Waals surface area contributed by atoms with Crippen molar-refractivity contribution < 1.29 is 14.3 Å². The van der Waals surface area contributed by atoms with E-state index < -0.39 is 0 Å². The quantitative estimate of drug-likeness (QED) is 0.818. The lowest BCUT2D eigenvalue weighted by molar-refractivity contribution is -0.123. The third-order valence-electron chi connectivity index (χ3n) is 6.28. The molecular formula is C23H28N4O3. The van der Waals surface area contributed by atoms with Crippen molar-refractivity contribution in [2.24, 2.45) is 11.8 Å². The zero-order chi connectivity index (χ0) is 21.1. The first-order chi connectivity index (χ1) is 14.5. The second-order valence-corrected chi connectivity index (χ2v) is 8.41. The van der Waals surface area contributed by atoms with Crippen LogP contribution in [0, 0.1) is 18.8 Å². The minimum atomic E-state index is -0.0773. The molecule has 1 aromatic heterocycles. The van der Waals surface area contributed by atoms with Crippen LogP contribution in [0.4, 0.5) is 0 Å². The molecule has 2 aromatic rings. The zero-order valence-electron chi connectivity index (χ0n) is 17.5. The molecule has 0 bridgehead atoms. The molecule has 4 rings (SSSR count). The molecule has 1 aliphatic heterocycles. The number of carbonyl (C=O) groups excluding carboxylic acids is 2. The number of aromatic nitrogens is 2. The van der Waals surface area contributed by atoms with E-state index >= 15 is 0 Å². The van der Waals surface area contributed by atoms with Gasteiger partial charge in [-0.3, -0.25) is 14.6 Å². The Morgan fingerprint density at radius 2 is 2.00 bits per heavy atom. The highest BCUT2D eigenvalue weighted by atomic mass is 16.5. The molecule has 0 spiro atoms. The van der Waals surface area contributed by atoms with Crippen LogP contribution in [0.2, 0.25) is 0 Å². The maximum absolute atomic E-state index is 12.8. The average Bonchev–Trinajstić information content (AvgIpc) is 3.16. The summed E-state index contributed by atoms with van der Waals surface area (Å²) in [5, 5.41) is 3.19. The average molecular weight is 409 g/mol. The van der Waals surface area contributed by atoms with Gasteiger partial charge in [0.15, 0.2) is 0 Å². The first-order valence-electron chi connectivity index (χ1n) is 10.5. The summed E-state index contributed by atoms with van der Waals surface area (Å²) in [4.78, 5) is 35.4. The van der Waals surface area contributed by atoms with Gasteiger partial charge in [-0.2, -0.15) is 0 Å². The number of fused-ring (bicyclic) bond motifs is 1. The van der Waals surface area contributed by atoms with E-state index in [-0.39, 0.29) is 24.0 Å². The standard InChI is InChI=1S/C23H28N4O3/c1-15-4-3-5-16(8-15)9-22(28)26-19-10-17-13-27(14-18(17)11-21(19)30-2)23(29)20-12-24-6-7-25-20/h3-8,12,17-19,21H,9-11,13-14H2,1-2H3,(H,26,28)/t17-,18+,19-,21-/m0/s1. The number of hydrogen-bond donors (Lipinski definition) is 1. The monoisotopic (exact) mass is 408 g/mol. The van der Waals surface area contributed by atoms with Crippen LogP contribution >= 0.6 is 0 Å². The molecule has 2 heterocycles. The number of benzene rings is 1. The highest BCUT2D eigenvalue weighted by molar-refractivity contribution is 5.92. The molecule has 2 fully saturated rings. The number of nitrogens with one attached hydrogen (secondary N) is 1. The van der Waals surface area contributed by atoms with Crippen molar-refractivity contribution in [2.45, 2.75) is 38.3 Å². The number of carbonyl (C=O) groups is 2. The first kappa shape index (κ1) is 20.5. The van der Waals surface area contributed by atoms with Crippen molar-refractivity contribution in [1.82, 2.24) is 20.2 Å². The molecule has 7 heteroatoms. The maximum Gasteiger partial charge on any atom is 0.274 e. The molecule has 2 aliphatic rings. The summed E-state index contributed by atoms with van der Waals surface area (Å²) in [6, 6.07) is 7.97. The van der Waals surface area contributed by atoms with Crippen molar-refractivity contribution in [2.75, 3.05) is 20.2 Å². The Morgan fingerprint density at radius 3 is 2.70 bits per heavy atom. The molecule has 2 amide bonds. The van der Waals surface area contributed by atoms with Crippen LogP contribution in [0.1, 0.15) is 34.5 Å². The summed E-state index contributed by atoms with van der Waals surface area (Å²) in [6.07, 6.45) is 6.58. The van der Waals surface area contributed by atoms with Crippen LogP contribution in [0.25, 0.3) is 0 Å². The van der Waals surface area contributed by atoms with Gasteiger partial charge in [-0.05, 0) is 37.2 Å². The highest BCUT2D eigenvalue weighted by Crippen LogP contribution is 2.38. The van der Waals surface area contributed by atoms with Crippen molar-refractivity contribution in [3.63, 3.8) is 0 Å². The largest absolute Gasteiger partial charge is 0.379 e. The molecule has 158 valence electrons. The topological polar surface area (TPSA) is 84.4 Å². The summed E-state index contributed by atoms with van der Waals surface area (Å²) in [6.45, 7) is 3.41. The molecule has 1 aliphatic carbocycles. The predicted octanol–water partition coefficient (Wildman–Crippen LogP) is 2.01. The first-order valence-corrected chi connectivity index (χ1v) is 10.5. The second kappa shape index (κ2) is 8.92. The number of aryl methyl sites for hydroxylation is 1. The van der Waals surface area contributed by atoms with E-state index in [0.717, 1.165) is 24.0 Å². The Kier molecular flexibility index (Phi) is 6.08. The number of ether oxygens (including phenoxy) is 1. The third-order valence-corrected chi connectivity index (χ3v) is 6.28. The number of rotatable bonds is 5. The Morgan fingerprint density at radius 1 is 1.20 bits per heavy atom. The van der Waals surface area contributed by atoms with E-state index in [1.54, 1.807) is 13.3 Å². The second-order valence-electron chi connectivity index (χ2n) is 8.41. The lowest BCUT2D eigenvalue weighted by atomic mass is 9.77. The Labute approximate surface area is 176 Å². The number of hydrogen-bond acceptors (Lipinski definition) is 5. The molecule has 1 N–H and O–H groups in total. The minimum Gasteiger partial charge on any atom is -0.379 e. The van der Waals surface area contributed by atoms with Gasteiger partial charge in [0.05, 0.1) is 24.8 Å². The SMILES string of the molecule is CO[C@H]1C[C@@H]2CN(C(=O)c3cnccn3)C[C@@H]2C[C@@H]1NC(=O)Cc1cccc(C)c1. The molecular weight excluding hydrogens is 380 g/mol. The van der Waals surface area contributed by atoms with Crippen molar-refractivity contribution in [3.8, 4) is 0 Å². The Hall–Kier alpha value is -2.80. The van der Waals surface area contributed by atoms with E-state index in [4.69, 9.17) is 4.74 Å². The smallest absolute Gasteiger partial charge is 0.274 e. The fourth-order valence-electron chi connectivity index (χ4n) is 4.83. The normalized spacial score (nSPS) is 25.6. The van der Waals surface area contributed by atoms with Gasteiger partial charge in [0.2, 0.25) is 5.91 Å². The fourth-order valence-corrected chi connectivity index (χ4v) is 4.83. The van der Waals surface area contributed by atoms with Gasteiger partial charge < -0.3 is 15.0 Å². The molecule has 1 saturated carbocycles. The van der Waals surface area contributed by atoms with Gasteiger partial charge in [0.25, 0.3) is 5.91 Å². The maximum atomic E-state index is 12.8. The summed E-state index contributed by atoms with van der Waals surface area (Å²) in [5.74, 6) is 0.657. The molecule has 4 atom stereocenters. The molecule has 0 radical (unpaired) electrons. The minimum absolute atomic E-state index is 0.0107. The van der Waals surface area contributed by atoms with Crippen LogP contribution in [-0.2, 0) is 16.0 Å². The van der Waals surface area contributed by atoms with Crippen molar-refractivity contribution in [3.05, 3.63) is 59.7 Å². The highest BCUT2D eigenvalue weighted by Gasteiger charge is 2.44.